The van der Waals surface area contributed by atoms with Gasteiger partial charge in [0, 0.05) is 6.42 Å². The zero-order chi connectivity index (χ0) is 14.8. The summed E-state index contributed by atoms with van der Waals surface area (Å²) in [6.45, 7) is 0.325. The van der Waals surface area contributed by atoms with E-state index >= 15 is 0 Å². The van der Waals surface area contributed by atoms with Crippen LogP contribution in [0.2, 0.25) is 0 Å². The van der Waals surface area contributed by atoms with Crippen molar-refractivity contribution in [1.82, 2.24) is 35.4 Å². The van der Waals surface area contributed by atoms with E-state index in [1.165, 1.54) is 17.6 Å². The molecule has 0 saturated carbocycles. The van der Waals surface area contributed by atoms with Crippen molar-refractivity contribution in [2.75, 3.05) is 0 Å². The third kappa shape index (κ3) is 2.55. The van der Waals surface area contributed by atoms with Gasteiger partial charge in [0.2, 0.25) is 0 Å². The SMILES string of the molecule is O=C(O)C1Cc2nc[nH]c2CN1C(=O)NCc1ncn[nH]1. The van der Waals surface area contributed by atoms with E-state index in [0.717, 1.165) is 5.69 Å². The van der Waals surface area contributed by atoms with Crippen molar-refractivity contribution in [2.24, 2.45) is 0 Å². The summed E-state index contributed by atoms with van der Waals surface area (Å²) in [4.78, 5) is 35.7. The molecule has 0 spiro atoms. The van der Waals surface area contributed by atoms with Crippen LogP contribution < -0.4 is 5.32 Å². The van der Waals surface area contributed by atoms with Crippen molar-refractivity contribution in [3.8, 4) is 0 Å². The van der Waals surface area contributed by atoms with E-state index in [2.05, 4.69) is 30.5 Å². The molecule has 0 bridgehead atoms. The Hall–Kier alpha value is -2.91. The maximum atomic E-state index is 12.2. The van der Waals surface area contributed by atoms with Crippen molar-refractivity contribution >= 4 is 12.0 Å². The number of hydrogen-bond donors (Lipinski definition) is 4. The Bertz CT molecular complexity index is 651. The van der Waals surface area contributed by atoms with Gasteiger partial charge in [0.15, 0.2) is 0 Å². The van der Waals surface area contributed by atoms with Crippen molar-refractivity contribution in [1.29, 1.82) is 0 Å². The lowest BCUT2D eigenvalue weighted by molar-refractivity contribution is -0.142. The van der Waals surface area contributed by atoms with Crippen LogP contribution in [0.1, 0.15) is 17.2 Å². The molecule has 1 aliphatic heterocycles. The minimum absolute atomic E-state index is 0.150. The predicted molar refractivity (Wildman–Crippen MR) is 67.9 cm³/mol. The smallest absolute Gasteiger partial charge is 0.326 e. The average Bonchev–Trinajstić information content (AvgIpc) is 3.13. The third-order valence-corrected chi connectivity index (χ3v) is 3.32. The number of carbonyl (C=O) groups is 2. The first kappa shape index (κ1) is 13.1. The van der Waals surface area contributed by atoms with E-state index in [9.17, 15) is 14.7 Å². The molecule has 0 aromatic carbocycles. The number of fused-ring (bicyclic) bond motifs is 1. The minimum Gasteiger partial charge on any atom is -0.480 e. The predicted octanol–water partition coefficient (Wildman–Crippen LogP) is -0.751. The topological polar surface area (TPSA) is 140 Å². The molecule has 2 amide bonds. The van der Waals surface area contributed by atoms with Gasteiger partial charge in [-0.1, -0.05) is 0 Å². The standard InChI is InChI=1S/C11H13N7O3/c19-10(20)8-1-6-7(14-4-13-6)3-18(8)11(21)12-2-9-15-5-16-17-9/h4-5,8H,1-3H2,(H,12,21)(H,13,14)(H,19,20)(H,15,16,17). The number of H-pyrrole nitrogens is 2. The van der Waals surface area contributed by atoms with Gasteiger partial charge in [0.05, 0.1) is 30.8 Å². The fourth-order valence-electron chi connectivity index (χ4n) is 2.25. The van der Waals surface area contributed by atoms with Crippen LogP contribution in [0.4, 0.5) is 4.79 Å². The molecule has 110 valence electrons. The van der Waals surface area contributed by atoms with E-state index in [0.29, 0.717) is 11.5 Å². The number of nitrogens with one attached hydrogen (secondary N) is 3. The lowest BCUT2D eigenvalue weighted by Crippen LogP contribution is -2.52. The summed E-state index contributed by atoms with van der Waals surface area (Å²) in [6.07, 6.45) is 3.02. The number of rotatable bonds is 3. The number of carboxylic acids is 1. The zero-order valence-electron chi connectivity index (χ0n) is 10.9. The minimum atomic E-state index is -1.06. The van der Waals surface area contributed by atoms with Crippen molar-refractivity contribution < 1.29 is 14.7 Å². The Balaban J connectivity index is 1.72. The van der Waals surface area contributed by atoms with Gasteiger partial charge in [-0.25, -0.2) is 19.6 Å². The Kier molecular flexibility index (Phi) is 3.26. The monoisotopic (exact) mass is 291 g/mol. The van der Waals surface area contributed by atoms with Gasteiger partial charge in [-0.3, -0.25) is 5.10 Å². The summed E-state index contributed by atoms with van der Waals surface area (Å²) in [5, 5.41) is 18.2. The van der Waals surface area contributed by atoms with E-state index < -0.39 is 18.0 Å². The van der Waals surface area contributed by atoms with Gasteiger partial charge in [-0.05, 0) is 0 Å². The Morgan fingerprint density at radius 1 is 1.48 bits per heavy atom. The van der Waals surface area contributed by atoms with Crippen molar-refractivity contribution in [3.63, 3.8) is 0 Å². The van der Waals surface area contributed by atoms with Crippen LogP contribution in [-0.2, 0) is 24.3 Å². The maximum absolute atomic E-state index is 12.2. The second-order valence-corrected chi connectivity index (χ2v) is 4.60. The number of aliphatic carboxylic acids is 1. The summed E-state index contributed by atoms with van der Waals surface area (Å²) < 4.78 is 0. The Labute approximate surface area is 118 Å². The highest BCUT2D eigenvalue weighted by atomic mass is 16.4. The molecule has 1 unspecified atom stereocenters. The highest BCUT2D eigenvalue weighted by Crippen LogP contribution is 2.20. The molecule has 0 fully saturated rings. The maximum Gasteiger partial charge on any atom is 0.326 e. The van der Waals surface area contributed by atoms with Gasteiger partial charge >= 0.3 is 12.0 Å². The fraction of sp³-hybridized carbons (Fsp3) is 0.364. The second kappa shape index (κ2) is 5.23. The van der Waals surface area contributed by atoms with Crippen LogP contribution in [0, 0.1) is 0 Å². The van der Waals surface area contributed by atoms with Crippen LogP contribution in [0.25, 0.3) is 0 Å². The molecule has 2 aromatic heterocycles. The van der Waals surface area contributed by atoms with Gasteiger partial charge in [0.25, 0.3) is 0 Å². The summed E-state index contributed by atoms with van der Waals surface area (Å²) >= 11 is 0. The summed E-state index contributed by atoms with van der Waals surface area (Å²) in [5.74, 6) is -0.562. The number of carboxylic acid groups (broad SMARTS) is 1. The van der Waals surface area contributed by atoms with Crippen LogP contribution in [0.5, 0.6) is 0 Å². The number of nitrogens with zero attached hydrogens (tertiary/aromatic N) is 4. The van der Waals surface area contributed by atoms with Crippen molar-refractivity contribution in [2.45, 2.75) is 25.6 Å². The lowest BCUT2D eigenvalue weighted by Gasteiger charge is -2.32. The number of aromatic amines is 2. The van der Waals surface area contributed by atoms with E-state index in [1.54, 1.807) is 0 Å². The quantitative estimate of drug-likeness (QED) is 0.586. The van der Waals surface area contributed by atoms with Crippen LogP contribution in [0.15, 0.2) is 12.7 Å². The molecule has 10 nitrogen and oxygen atoms in total. The molecule has 3 heterocycles. The van der Waals surface area contributed by atoms with Crippen LogP contribution in [0.3, 0.4) is 0 Å². The molecular weight excluding hydrogens is 278 g/mol. The zero-order valence-corrected chi connectivity index (χ0v) is 10.9. The molecule has 4 N–H and O–H groups in total. The molecule has 2 aromatic rings. The molecule has 0 aliphatic carbocycles. The van der Waals surface area contributed by atoms with Crippen LogP contribution in [-0.4, -0.2) is 53.2 Å². The third-order valence-electron chi connectivity index (χ3n) is 3.32. The summed E-state index contributed by atoms with van der Waals surface area (Å²) in [5.41, 5.74) is 1.43. The highest BCUT2D eigenvalue weighted by Gasteiger charge is 2.35. The van der Waals surface area contributed by atoms with E-state index in [1.807, 2.05) is 0 Å². The number of imidazole rings is 1. The number of amides is 2. The summed E-state index contributed by atoms with van der Waals surface area (Å²) in [7, 11) is 0. The molecule has 0 radical (unpaired) electrons. The fourth-order valence-corrected chi connectivity index (χ4v) is 2.25. The van der Waals surface area contributed by atoms with Gasteiger partial charge in [-0.15, -0.1) is 0 Å². The molecular formula is C11H13N7O3. The normalized spacial score (nSPS) is 17.3. The lowest BCUT2D eigenvalue weighted by atomic mass is 10.0. The van der Waals surface area contributed by atoms with E-state index in [-0.39, 0.29) is 19.5 Å². The molecule has 1 atom stereocenters. The molecule has 21 heavy (non-hydrogen) atoms. The van der Waals surface area contributed by atoms with Gasteiger partial charge < -0.3 is 20.3 Å². The second-order valence-electron chi connectivity index (χ2n) is 4.60. The Morgan fingerprint density at radius 2 is 2.33 bits per heavy atom. The number of aromatic nitrogens is 5. The number of carbonyl (C=O) groups excluding carboxylic acids is 1. The van der Waals surface area contributed by atoms with Crippen LogP contribution >= 0.6 is 0 Å². The molecule has 1 aliphatic rings. The Morgan fingerprint density at radius 3 is 3.05 bits per heavy atom. The molecule has 0 saturated heterocycles. The van der Waals surface area contributed by atoms with Gasteiger partial charge in [-0.2, -0.15) is 5.10 Å². The highest BCUT2D eigenvalue weighted by molar-refractivity contribution is 5.83. The number of hydrogen-bond acceptors (Lipinski definition) is 5. The molecule has 10 heteroatoms. The molecule has 3 rings (SSSR count). The van der Waals surface area contributed by atoms with Gasteiger partial charge in [0.1, 0.15) is 18.2 Å². The first-order chi connectivity index (χ1) is 10.1. The number of urea groups is 1. The van der Waals surface area contributed by atoms with Crippen molar-refractivity contribution in [3.05, 3.63) is 29.9 Å². The first-order valence-electron chi connectivity index (χ1n) is 6.28. The average molecular weight is 291 g/mol. The first-order valence-corrected chi connectivity index (χ1v) is 6.28. The summed E-state index contributed by atoms with van der Waals surface area (Å²) in [6, 6.07) is -1.41. The van der Waals surface area contributed by atoms with E-state index in [4.69, 9.17) is 0 Å². The largest absolute Gasteiger partial charge is 0.480 e.